The van der Waals surface area contributed by atoms with Gasteiger partial charge in [0.15, 0.2) is 9.84 Å². The Balaban J connectivity index is 1.71. The second-order valence-electron chi connectivity index (χ2n) is 6.48. The molecule has 2 saturated heterocycles. The summed E-state index contributed by atoms with van der Waals surface area (Å²) in [7, 11) is -1.30. The van der Waals surface area contributed by atoms with E-state index in [1.165, 1.54) is 0 Å². The predicted octanol–water partition coefficient (Wildman–Crippen LogP) is -0.101. The monoisotopic (exact) mass is 367 g/mol. The number of nitrogens with one attached hydrogen (secondary N) is 1. The average Bonchev–Trinajstić information content (AvgIpc) is 2.63. The zero-order valence-electron chi connectivity index (χ0n) is 14.5. The van der Waals surface area contributed by atoms with Crippen LogP contribution in [0.2, 0.25) is 0 Å². The first-order valence-corrected chi connectivity index (χ1v) is 10.4. The van der Waals surface area contributed by atoms with Gasteiger partial charge in [-0.3, -0.25) is 9.69 Å². The van der Waals surface area contributed by atoms with Crippen molar-refractivity contribution in [2.75, 3.05) is 57.9 Å². The molecular formula is C17H25N3O4S. The third-order valence-corrected chi connectivity index (χ3v) is 6.47. The first-order chi connectivity index (χ1) is 12.0. The summed E-state index contributed by atoms with van der Waals surface area (Å²) in [6, 6.07) is 7.68. The molecule has 1 atom stereocenters. The van der Waals surface area contributed by atoms with Crippen LogP contribution in [0.25, 0.3) is 0 Å². The number of hydrogen-bond acceptors (Lipinski definition) is 6. The van der Waals surface area contributed by atoms with Gasteiger partial charge in [-0.05, 0) is 6.07 Å². The van der Waals surface area contributed by atoms with Crippen LogP contribution in [0.1, 0.15) is 11.6 Å². The van der Waals surface area contributed by atoms with Crippen molar-refractivity contribution in [3.05, 3.63) is 29.8 Å². The summed E-state index contributed by atoms with van der Waals surface area (Å²) < 4.78 is 28.6. The number of carbonyl (C=O) groups excluding carboxylic acids is 1. The molecule has 0 bridgehead atoms. The van der Waals surface area contributed by atoms with E-state index in [0.717, 1.165) is 17.9 Å². The molecule has 138 valence electrons. The van der Waals surface area contributed by atoms with Crippen molar-refractivity contribution in [3.63, 3.8) is 0 Å². The van der Waals surface area contributed by atoms with Crippen LogP contribution in [0, 0.1) is 0 Å². The second kappa shape index (κ2) is 7.72. The Morgan fingerprint density at radius 2 is 1.96 bits per heavy atom. The van der Waals surface area contributed by atoms with Crippen molar-refractivity contribution in [2.45, 2.75) is 6.04 Å². The lowest BCUT2D eigenvalue weighted by Crippen LogP contribution is -2.53. The van der Waals surface area contributed by atoms with Crippen molar-refractivity contribution >= 4 is 15.7 Å². The quantitative estimate of drug-likeness (QED) is 0.801. The highest BCUT2D eigenvalue weighted by Gasteiger charge is 2.31. The lowest BCUT2D eigenvalue weighted by molar-refractivity contribution is -0.135. The smallest absolute Gasteiger partial charge is 0.237 e. The summed E-state index contributed by atoms with van der Waals surface area (Å²) >= 11 is 0. The van der Waals surface area contributed by atoms with E-state index in [-0.39, 0.29) is 30.0 Å². The Morgan fingerprint density at radius 1 is 1.24 bits per heavy atom. The van der Waals surface area contributed by atoms with Gasteiger partial charge in [-0.2, -0.15) is 0 Å². The van der Waals surface area contributed by atoms with Crippen molar-refractivity contribution in [3.8, 4) is 5.75 Å². The number of sulfone groups is 1. The molecule has 0 spiro atoms. The number of amides is 1. The van der Waals surface area contributed by atoms with Crippen LogP contribution >= 0.6 is 0 Å². The van der Waals surface area contributed by atoms with Crippen molar-refractivity contribution in [2.24, 2.45) is 0 Å². The molecule has 1 aromatic rings. The van der Waals surface area contributed by atoms with Crippen LogP contribution in [-0.4, -0.2) is 82.0 Å². The average molecular weight is 367 g/mol. The van der Waals surface area contributed by atoms with E-state index in [1.807, 2.05) is 34.1 Å². The van der Waals surface area contributed by atoms with Gasteiger partial charge >= 0.3 is 0 Å². The van der Waals surface area contributed by atoms with Gasteiger partial charge in [-0.15, -0.1) is 0 Å². The van der Waals surface area contributed by atoms with E-state index in [9.17, 15) is 13.2 Å². The number of benzene rings is 1. The Labute approximate surface area is 148 Å². The van der Waals surface area contributed by atoms with Crippen LogP contribution in [0.4, 0.5) is 0 Å². The Kier molecular flexibility index (Phi) is 5.61. The lowest BCUT2D eigenvalue weighted by Gasteiger charge is -2.38. The highest BCUT2D eigenvalue weighted by molar-refractivity contribution is 7.91. The molecular weight excluding hydrogens is 342 g/mol. The molecule has 0 aromatic heterocycles. The summed E-state index contributed by atoms with van der Waals surface area (Å²) in [4.78, 5) is 16.7. The van der Waals surface area contributed by atoms with E-state index in [1.54, 1.807) is 7.11 Å². The van der Waals surface area contributed by atoms with Gasteiger partial charge in [0.05, 0.1) is 31.2 Å². The molecule has 0 aliphatic carbocycles. The standard InChI is InChI=1S/C17H25N3O4S/c1-24-16-5-3-2-4-14(16)15-12-18-6-7-20(15)17(21)13-19-8-10-25(22,23)11-9-19/h2-5,15,18H,6-13H2,1H3. The number of carbonyl (C=O) groups is 1. The maximum absolute atomic E-state index is 12.9. The number of para-hydroxylation sites is 1. The minimum absolute atomic E-state index is 0.0386. The summed E-state index contributed by atoms with van der Waals surface area (Å²) in [5, 5.41) is 3.34. The van der Waals surface area contributed by atoms with E-state index in [4.69, 9.17) is 4.74 Å². The van der Waals surface area contributed by atoms with Gasteiger partial charge in [0.2, 0.25) is 5.91 Å². The molecule has 8 heteroatoms. The van der Waals surface area contributed by atoms with Gasteiger partial charge in [0, 0.05) is 38.3 Å². The largest absolute Gasteiger partial charge is 0.496 e. The molecule has 7 nitrogen and oxygen atoms in total. The molecule has 1 unspecified atom stereocenters. The van der Waals surface area contributed by atoms with Gasteiger partial charge < -0.3 is 15.0 Å². The minimum atomic E-state index is -2.93. The predicted molar refractivity (Wildman–Crippen MR) is 95.4 cm³/mol. The lowest BCUT2D eigenvalue weighted by atomic mass is 10.0. The van der Waals surface area contributed by atoms with Gasteiger partial charge in [0.1, 0.15) is 5.75 Å². The highest BCUT2D eigenvalue weighted by atomic mass is 32.2. The first kappa shape index (κ1) is 18.2. The number of methoxy groups -OCH3 is 1. The Morgan fingerprint density at radius 3 is 2.68 bits per heavy atom. The number of hydrogen-bond donors (Lipinski definition) is 1. The Bertz CT molecular complexity index is 708. The molecule has 2 aliphatic rings. The van der Waals surface area contributed by atoms with E-state index in [2.05, 4.69) is 5.32 Å². The summed E-state index contributed by atoms with van der Waals surface area (Å²) in [5.74, 6) is 1.09. The zero-order chi connectivity index (χ0) is 17.9. The van der Waals surface area contributed by atoms with Crippen LogP contribution in [-0.2, 0) is 14.6 Å². The Hall–Kier alpha value is -1.64. The third kappa shape index (κ3) is 4.31. The van der Waals surface area contributed by atoms with Crippen LogP contribution in [0.5, 0.6) is 5.75 Å². The van der Waals surface area contributed by atoms with Crippen molar-refractivity contribution in [1.82, 2.24) is 15.1 Å². The molecule has 1 N–H and O–H groups in total. The molecule has 25 heavy (non-hydrogen) atoms. The molecule has 1 amide bonds. The molecule has 1 aromatic carbocycles. The molecule has 2 heterocycles. The summed E-state index contributed by atoms with van der Waals surface area (Å²) in [6.45, 7) is 3.19. The fourth-order valence-electron chi connectivity index (χ4n) is 3.41. The van der Waals surface area contributed by atoms with E-state index < -0.39 is 9.84 Å². The fraction of sp³-hybridized carbons (Fsp3) is 0.588. The van der Waals surface area contributed by atoms with Gasteiger partial charge in [-0.25, -0.2) is 8.42 Å². The van der Waals surface area contributed by atoms with E-state index in [0.29, 0.717) is 26.2 Å². The molecule has 2 aliphatic heterocycles. The molecule has 0 radical (unpaired) electrons. The summed E-state index contributed by atoms with van der Waals surface area (Å²) in [6.07, 6.45) is 0. The van der Waals surface area contributed by atoms with Gasteiger partial charge in [0.25, 0.3) is 0 Å². The first-order valence-electron chi connectivity index (χ1n) is 8.56. The number of nitrogens with zero attached hydrogens (tertiary/aromatic N) is 2. The fourth-order valence-corrected chi connectivity index (χ4v) is 4.69. The maximum atomic E-state index is 12.9. The zero-order valence-corrected chi connectivity index (χ0v) is 15.3. The third-order valence-electron chi connectivity index (χ3n) is 4.86. The van der Waals surface area contributed by atoms with E-state index >= 15 is 0 Å². The topological polar surface area (TPSA) is 79.0 Å². The van der Waals surface area contributed by atoms with Crippen LogP contribution < -0.4 is 10.1 Å². The number of rotatable bonds is 4. The summed E-state index contributed by atoms with van der Waals surface area (Å²) in [5.41, 5.74) is 0.992. The van der Waals surface area contributed by atoms with Gasteiger partial charge in [-0.1, -0.05) is 18.2 Å². The SMILES string of the molecule is COc1ccccc1C1CNCCN1C(=O)CN1CCS(=O)(=O)CC1. The molecule has 3 rings (SSSR count). The number of piperazine rings is 1. The maximum Gasteiger partial charge on any atom is 0.237 e. The van der Waals surface area contributed by atoms with Crippen molar-refractivity contribution < 1.29 is 17.9 Å². The molecule has 0 saturated carbocycles. The van der Waals surface area contributed by atoms with Crippen LogP contribution in [0.3, 0.4) is 0 Å². The van der Waals surface area contributed by atoms with Crippen LogP contribution in [0.15, 0.2) is 24.3 Å². The normalized spacial score (nSPS) is 24.0. The number of ether oxygens (including phenoxy) is 1. The van der Waals surface area contributed by atoms with Crippen molar-refractivity contribution in [1.29, 1.82) is 0 Å². The molecule has 2 fully saturated rings. The minimum Gasteiger partial charge on any atom is -0.496 e. The highest BCUT2D eigenvalue weighted by Crippen LogP contribution is 2.30. The second-order valence-corrected chi connectivity index (χ2v) is 8.78.